The molecular formula is C42H78N2O13. The van der Waals surface area contributed by atoms with Crippen LogP contribution in [0.5, 0.6) is 0 Å². The lowest BCUT2D eigenvalue weighted by atomic mass is 9.74. The van der Waals surface area contributed by atoms with Crippen LogP contribution in [0.25, 0.3) is 0 Å². The number of ether oxygens (including phenoxy) is 8. The van der Waals surface area contributed by atoms with Crippen LogP contribution in [0.3, 0.4) is 0 Å². The first-order chi connectivity index (χ1) is 26.4. The first-order valence-corrected chi connectivity index (χ1v) is 20.9. The number of likely N-dealkylation sites (N-methyl/N-ethyl adjacent to an activating group) is 2. The molecule has 0 aromatic carbocycles. The van der Waals surface area contributed by atoms with Crippen LogP contribution >= 0.6 is 0 Å². The van der Waals surface area contributed by atoms with E-state index in [0.29, 0.717) is 6.42 Å². The molecule has 0 amide bonds. The number of hydrogen-bond acceptors (Lipinski definition) is 15. The highest BCUT2D eigenvalue weighted by atomic mass is 16.8. The van der Waals surface area contributed by atoms with E-state index < -0.39 is 95.8 Å². The minimum Gasteiger partial charge on any atom is -0.459 e. The highest BCUT2D eigenvalue weighted by molar-refractivity contribution is 5.83. The van der Waals surface area contributed by atoms with Gasteiger partial charge >= 0.3 is 5.97 Å². The van der Waals surface area contributed by atoms with Crippen LogP contribution in [0.4, 0.5) is 0 Å². The van der Waals surface area contributed by atoms with Gasteiger partial charge < -0.3 is 58.1 Å². The van der Waals surface area contributed by atoms with Crippen molar-refractivity contribution in [2.75, 3.05) is 55.6 Å². The van der Waals surface area contributed by atoms with Crippen molar-refractivity contribution in [1.29, 1.82) is 0 Å². The van der Waals surface area contributed by atoms with Crippen molar-refractivity contribution < 1.29 is 62.8 Å². The van der Waals surface area contributed by atoms with Gasteiger partial charge in [0, 0.05) is 64.6 Å². The number of cyclic esters (lactones) is 1. The van der Waals surface area contributed by atoms with Crippen LogP contribution in [0.15, 0.2) is 0 Å². The van der Waals surface area contributed by atoms with Crippen LogP contribution in [-0.2, 0) is 47.5 Å². The molecule has 3 saturated heterocycles. The summed E-state index contributed by atoms with van der Waals surface area (Å²) in [6, 6.07) is -0.0656. The van der Waals surface area contributed by atoms with Crippen LogP contribution in [0, 0.1) is 29.6 Å². The van der Waals surface area contributed by atoms with Gasteiger partial charge in [0.1, 0.15) is 29.7 Å². The Labute approximate surface area is 342 Å². The lowest BCUT2D eigenvalue weighted by molar-refractivity contribution is -0.371. The molecule has 15 heteroatoms. The Morgan fingerprint density at radius 1 is 0.842 bits per heavy atom. The molecule has 3 N–H and O–H groups in total. The van der Waals surface area contributed by atoms with Crippen LogP contribution in [-0.4, -0.2) is 171 Å². The highest BCUT2D eigenvalue weighted by Crippen LogP contribution is 2.42. The lowest BCUT2D eigenvalue weighted by Crippen LogP contribution is -2.62. The van der Waals surface area contributed by atoms with E-state index >= 15 is 0 Å². The van der Waals surface area contributed by atoms with Gasteiger partial charge in [-0.3, -0.25) is 14.5 Å². The summed E-state index contributed by atoms with van der Waals surface area (Å²) in [6.07, 6.45) is -6.75. The number of aliphatic hydroxyl groups excluding tert-OH is 2. The molecule has 0 aromatic heterocycles. The Hall–Kier alpha value is -1.34. The molecule has 0 spiro atoms. The standard InChI is InChI=1S/C42H78N2O13/c1-17-30-41(9,49)36(47)26(5)32(45)24(3)22-40(8,51-15)37(56-39-34(50-14)29(21-25(4)53-39)44(13)19-18-43(11)12)27(6)33(28(7)38(48)54-30)55-31-20-23(2)35(46)42(10,52-16)57-31/h23-31,33-37,39,46-47,49H,17-22H2,1-16H3/t23-,24-,25-,26+,27+,28-,29+,30-,31-,33+,34-,35+,36-,37-,39+,40+,41-,42-/m1/s1. The molecule has 0 saturated carbocycles. The predicted molar refractivity (Wildman–Crippen MR) is 213 cm³/mol. The molecule has 57 heavy (non-hydrogen) atoms. The predicted octanol–water partition coefficient (Wildman–Crippen LogP) is 3.23. The summed E-state index contributed by atoms with van der Waals surface area (Å²) >= 11 is 0. The van der Waals surface area contributed by atoms with E-state index in [2.05, 4.69) is 16.8 Å². The summed E-state index contributed by atoms with van der Waals surface area (Å²) in [5.41, 5.74) is -3.17. The number of rotatable bonds is 12. The minimum absolute atomic E-state index is 0.0656. The van der Waals surface area contributed by atoms with Gasteiger partial charge in [-0.1, -0.05) is 34.6 Å². The van der Waals surface area contributed by atoms with Crippen LogP contribution in [0.2, 0.25) is 0 Å². The van der Waals surface area contributed by atoms with E-state index in [-0.39, 0.29) is 43.1 Å². The number of aliphatic hydroxyl groups is 3. The number of ketones is 1. The molecule has 0 unspecified atom stereocenters. The summed E-state index contributed by atoms with van der Waals surface area (Å²) in [5, 5.41) is 34.3. The summed E-state index contributed by atoms with van der Waals surface area (Å²) in [6.45, 7) is 19.1. The fourth-order valence-corrected chi connectivity index (χ4v) is 9.27. The van der Waals surface area contributed by atoms with E-state index in [0.717, 1.165) is 13.1 Å². The fourth-order valence-electron chi connectivity index (χ4n) is 9.27. The van der Waals surface area contributed by atoms with E-state index in [1.807, 2.05) is 41.8 Å². The van der Waals surface area contributed by atoms with Crippen molar-refractivity contribution in [3.05, 3.63) is 0 Å². The Balaban J connectivity index is 2.23. The van der Waals surface area contributed by atoms with Crippen LogP contribution in [0.1, 0.15) is 94.9 Å². The summed E-state index contributed by atoms with van der Waals surface area (Å²) in [4.78, 5) is 32.9. The maximum absolute atomic E-state index is 14.3. The van der Waals surface area contributed by atoms with E-state index in [1.54, 1.807) is 48.8 Å². The zero-order chi connectivity index (χ0) is 43.4. The van der Waals surface area contributed by atoms with Crippen LogP contribution < -0.4 is 0 Å². The molecule has 0 aromatic rings. The van der Waals surface area contributed by atoms with Gasteiger partial charge in [0.2, 0.25) is 0 Å². The second-order valence-electron chi connectivity index (χ2n) is 18.2. The Bertz CT molecular complexity index is 1290. The average molecular weight is 819 g/mol. The van der Waals surface area contributed by atoms with Crippen molar-refractivity contribution in [3.63, 3.8) is 0 Å². The first kappa shape index (κ1) is 50.0. The maximum Gasteiger partial charge on any atom is 0.311 e. The van der Waals surface area contributed by atoms with Gasteiger partial charge in [-0.25, -0.2) is 0 Å². The molecule has 3 heterocycles. The smallest absolute Gasteiger partial charge is 0.311 e. The largest absolute Gasteiger partial charge is 0.459 e. The molecule has 3 fully saturated rings. The number of Topliss-reactive ketones (excluding diaryl/α,β-unsaturated/α-hetero) is 1. The number of esters is 1. The number of carbonyl (C=O) groups is 2. The van der Waals surface area contributed by atoms with Crippen molar-refractivity contribution in [2.45, 2.75) is 173 Å². The molecular weight excluding hydrogens is 740 g/mol. The summed E-state index contributed by atoms with van der Waals surface area (Å²) < 4.78 is 51.1. The zero-order valence-electron chi connectivity index (χ0n) is 37.7. The van der Waals surface area contributed by atoms with Crippen molar-refractivity contribution in [1.82, 2.24) is 9.80 Å². The molecule has 3 aliphatic rings. The first-order valence-electron chi connectivity index (χ1n) is 20.9. The minimum atomic E-state index is -1.96. The number of hydrogen-bond donors (Lipinski definition) is 3. The van der Waals surface area contributed by atoms with Crippen molar-refractivity contribution >= 4 is 11.8 Å². The molecule has 18 atom stereocenters. The monoisotopic (exact) mass is 819 g/mol. The SMILES string of the molecule is CC[C@H]1OC(=O)[C@H](C)[C@@H](O[C@H]2C[C@@H](C)[C@H](O)[C@](C)(OC)O2)[C@H](C)[C@@H](O[C@@H]2O[C@H](C)C[C@H](N(C)CCN(C)C)[C@H]2OC)[C@@](C)(OC)C[C@@H](C)C(=O)[C@H](C)[C@@H](O)[C@]1(C)O. The van der Waals surface area contributed by atoms with Gasteiger partial charge in [0.25, 0.3) is 0 Å². The van der Waals surface area contributed by atoms with Gasteiger partial charge in [-0.15, -0.1) is 0 Å². The van der Waals surface area contributed by atoms with Gasteiger partial charge in [-0.05, 0) is 80.9 Å². The normalized spacial score (nSPS) is 45.9. The second kappa shape index (κ2) is 20.5. The second-order valence-corrected chi connectivity index (χ2v) is 18.2. The zero-order valence-corrected chi connectivity index (χ0v) is 37.7. The summed E-state index contributed by atoms with van der Waals surface area (Å²) in [7, 11) is 10.8. The Morgan fingerprint density at radius 3 is 2.02 bits per heavy atom. The maximum atomic E-state index is 14.3. The third-order valence-electron chi connectivity index (χ3n) is 13.3. The quantitative estimate of drug-likeness (QED) is 0.245. The molecule has 3 aliphatic heterocycles. The number of nitrogens with zero attached hydrogens (tertiary/aromatic N) is 2. The van der Waals surface area contributed by atoms with Gasteiger partial charge in [0.05, 0.1) is 35.9 Å². The lowest BCUT2D eigenvalue weighted by Gasteiger charge is -2.50. The average Bonchev–Trinajstić information content (AvgIpc) is 3.16. The third-order valence-corrected chi connectivity index (χ3v) is 13.3. The third kappa shape index (κ3) is 11.3. The highest BCUT2D eigenvalue weighted by Gasteiger charge is 2.54. The van der Waals surface area contributed by atoms with E-state index in [4.69, 9.17) is 37.9 Å². The molecule has 15 nitrogen and oxygen atoms in total. The molecule has 0 aliphatic carbocycles. The molecule has 0 bridgehead atoms. The Kier molecular flexibility index (Phi) is 18.0. The van der Waals surface area contributed by atoms with Crippen molar-refractivity contribution in [2.24, 2.45) is 29.6 Å². The molecule has 0 radical (unpaired) electrons. The Morgan fingerprint density at radius 2 is 1.47 bits per heavy atom. The van der Waals surface area contributed by atoms with E-state index in [1.165, 1.54) is 14.0 Å². The fraction of sp³-hybridized carbons (Fsp3) is 0.952. The summed E-state index contributed by atoms with van der Waals surface area (Å²) in [5.74, 6) is -6.00. The van der Waals surface area contributed by atoms with Gasteiger partial charge in [-0.2, -0.15) is 0 Å². The molecule has 334 valence electrons. The number of methoxy groups -OCH3 is 3. The molecule has 3 rings (SSSR count). The van der Waals surface area contributed by atoms with E-state index in [9.17, 15) is 24.9 Å². The number of carbonyl (C=O) groups excluding carboxylic acids is 2. The van der Waals surface area contributed by atoms with Gasteiger partial charge in [0.15, 0.2) is 18.4 Å². The van der Waals surface area contributed by atoms with Crippen molar-refractivity contribution in [3.8, 4) is 0 Å². The topological polar surface area (TPSA) is 175 Å².